The molecular weight excluding hydrogens is 725 g/mol. The normalized spacial score (nSPS) is 12.6. The standard InChI is InChI=1S/C48H52N6O4/c1-45(2,3)31-25-33(47(7,8)9)41(39(27-31)53-49-35-17-13-14-18-36(35)50-53)57-43(55)29-21-23-30(24-22-29)44(56)58-42-34(48(10,11)12)26-32(46(4,5)6)28-40(42)54-51-37-19-15-16-20-38(37)52-54/h13-28H,1-12H3. The Morgan fingerprint density at radius 2 is 0.724 bits per heavy atom. The van der Waals surface area contributed by atoms with Gasteiger partial charge >= 0.3 is 11.9 Å². The third kappa shape index (κ3) is 8.01. The third-order valence-electron chi connectivity index (χ3n) is 10.2. The van der Waals surface area contributed by atoms with Crippen LogP contribution in [0, 0.1) is 0 Å². The molecular formula is C48H52N6O4. The molecule has 0 radical (unpaired) electrons. The van der Waals surface area contributed by atoms with Crippen molar-refractivity contribution >= 4 is 34.0 Å². The monoisotopic (exact) mass is 776 g/mol. The molecule has 0 unspecified atom stereocenters. The van der Waals surface area contributed by atoms with E-state index in [-0.39, 0.29) is 22.0 Å². The Kier molecular flexibility index (Phi) is 9.90. The Labute approximate surface area is 340 Å². The van der Waals surface area contributed by atoms with E-state index in [0.717, 1.165) is 44.3 Å². The second-order valence-electron chi connectivity index (χ2n) is 19.1. The average Bonchev–Trinajstić information content (AvgIpc) is 3.78. The summed E-state index contributed by atoms with van der Waals surface area (Å²) < 4.78 is 12.6. The van der Waals surface area contributed by atoms with E-state index in [2.05, 4.69) is 95.2 Å². The molecule has 0 bridgehead atoms. The molecule has 298 valence electrons. The van der Waals surface area contributed by atoms with Gasteiger partial charge in [0.15, 0.2) is 11.5 Å². The van der Waals surface area contributed by atoms with Crippen LogP contribution in [0.4, 0.5) is 0 Å². The minimum absolute atomic E-state index is 0.208. The summed E-state index contributed by atoms with van der Waals surface area (Å²) in [7, 11) is 0. The fraction of sp³-hybridized carbons (Fsp3) is 0.333. The Morgan fingerprint density at radius 1 is 0.431 bits per heavy atom. The van der Waals surface area contributed by atoms with Crippen molar-refractivity contribution < 1.29 is 19.1 Å². The number of esters is 2. The zero-order valence-electron chi connectivity index (χ0n) is 35.6. The second kappa shape index (κ2) is 14.3. The first kappa shape index (κ1) is 40.1. The van der Waals surface area contributed by atoms with E-state index in [0.29, 0.717) is 22.9 Å². The highest BCUT2D eigenvalue weighted by atomic mass is 16.5. The summed E-state index contributed by atoms with van der Waals surface area (Å²) in [5.41, 5.74) is 7.11. The first-order valence-electron chi connectivity index (χ1n) is 19.7. The van der Waals surface area contributed by atoms with Crippen LogP contribution in [0.1, 0.15) is 126 Å². The first-order valence-corrected chi connectivity index (χ1v) is 19.7. The van der Waals surface area contributed by atoms with Gasteiger partial charge in [0.25, 0.3) is 0 Å². The molecule has 0 fully saturated rings. The van der Waals surface area contributed by atoms with Gasteiger partial charge in [0.2, 0.25) is 0 Å². The maximum atomic E-state index is 14.0. The molecule has 2 heterocycles. The maximum absolute atomic E-state index is 14.0. The molecule has 7 aromatic rings. The Balaban J connectivity index is 1.24. The van der Waals surface area contributed by atoms with E-state index >= 15 is 0 Å². The zero-order valence-corrected chi connectivity index (χ0v) is 35.6. The summed E-state index contributed by atoms with van der Waals surface area (Å²) in [6.45, 7) is 25.4. The molecule has 0 N–H and O–H groups in total. The van der Waals surface area contributed by atoms with Crippen molar-refractivity contribution in [3.8, 4) is 22.9 Å². The predicted molar refractivity (Wildman–Crippen MR) is 229 cm³/mol. The van der Waals surface area contributed by atoms with Crippen LogP contribution in [0.25, 0.3) is 33.4 Å². The fourth-order valence-electron chi connectivity index (χ4n) is 6.70. The summed E-state index contributed by atoms with van der Waals surface area (Å²) in [6, 6.07) is 29.8. The lowest BCUT2D eigenvalue weighted by Crippen LogP contribution is -2.22. The van der Waals surface area contributed by atoms with Gasteiger partial charge in [-0.3, -0.25) is 0 Å². The molecule has 0 amide bonds. The molecule has 0 aliphatic carbocycles. The van der Waals surface area contributed by atoms with Crippen molar-refractivity contribution in [3.63, 3.8) is 0 Å². The van der Waals surface area contributed by atoms with E-state index in [9.17, 15) is 9.59 Å². The SMILES string of the molecule is CC(C)(C)c1cc(-n2nc3ccccc3n2)c(OC(=O)c2ccc(C(=O)Oc3c(-n4nc5ccccc5n4)cc(C(C)(C)C)cc3C(C)(C)C)cc2)c(C(C)(C)C)c1. The molecule has 0 saturated carbocycles. The molecule has 58 heavy (non-hydrogen) atoms. The number of aromatic nitrogens is 6. The lowest BCUT2D eigenvalue weighted by Gasteiger charge is -2.28. The minimum Gasteiger partial charge on any atom is -0.420 e. The van der Waals surface area contributed by atoms with Crippen molar-refractivity contribution in [1.29, 1.82) is 0 Å². The molecule has 0 atom stereocenters. The molecule has 10 heteroatoms. The van der Waals surface area contributed by atoms with Crippen LogP contribution in [0.5, 0.6) is 11.5 Å². The van der Waals surface area contributed by atoms with Gasteiger partial charge in [-0.2, -0.15) is 0 Å². The van der Waals surface area contributed by atoms with Crippen molar-refractivity contribution in [3.05, 3.63) is 130 Å². The number of hydrogen-bond acceptors (Lipinski definition) is 8. The number of rotatable bonds is 6. The number of carbonyl (C=O) groups is 2. The molecule has 10 nitrogen and oxygen atoms in total. The van der Waals surface area contributed by atoms with Crippen LogP contribution in [-0.2, 0) is 21.7 Å². The molecule has 0 aliphatic heterocycles. The van der Waals surface area contributed by atoms with E-state index in [1.165, 1.54) is 0 Å². The number of fused-ring (bicyclic) bond motifs is 2. The summed E-state index contributed by atoms with van der Waals surface area (Å²) >= 11 is 0. The van der Waals surface area contributed by atoms with Crippen molar-refractivity contribution in [2.45, 2.75) is 105 Å². The number of benzene rings is 5. The van der Waals surface area contributed by atoms with Gasteiger partial charge in [0, 0.05) is 11.1 Å². The lowest BCUT2D eigenvalue weighted by atomic mass is 9.79. The first-order chi connectivity index (χ1) is 27.1. The van der Waals surface area contributed by atoms with E-state index in [4.69, 9.17) is 29.9 Å². The molecule has 7 rings (SSSR count). The summed E-state index contributed by atoms with van der Waals surface area (Å²) in [5, 5.41) is 19.1. The van der Waals surface area contributed by atoms with Gasteiger partial charge < -0.3 is 9.47 Å². The Hall–Kier alpha value is -6.16. The van der Waals surface area contributed by atoms with Crippen LogP contribution in [0.2, 0.25) is 0 Å². The molecule has 0 spiro atoms. The summed E-state index contributed by atoms with van der Waals surface area (Å²) in [6.07, 6.45) is 0. The number of hydrogen-bond donors (Lipinski definition) is 0. The Bertz CT molecular complexity index is 2440. The predicted octanol–water partition coefficient (Wildman–Crippen LogP) is 10.8. The van der Waals surface area contributed by atoms with Gasteiger partial charge in [-0.25, -0.2) is 9.59 Å². The van der Waals surface area contributed by atoms with Crippen molar-refractivity contribution in [1.82, 2.24) is 30.0 Å². The highest BCUT2D eigenvalue weighted by Crippen LogP contribution is 2.42. The largest absolute Gasteiger partial charge is 0.420 e. The third-order valence-corrected chi connectivity index (χ3v) is 10.2. The second-order valence-corrected chi connectivity index (χ2v) is 19.1. The fourth-order valence-corrected chi connectivity index (χ4v) is 6.70. The molecule has 2 aromatic heterocycles. The number of carbonyl (C=O) groups excluding carboxylic acids is 2. The van der Waals surface area contributed by atoms with Crippen LogP contribution < -0.4 is 9.47 Å². The van der Waals surface area contributed by atoms with Crippen LogP contribution in [0.15, 0.2) is 97.1 Å². The zero-order chi connectivity index (χ0) is 41.9. The maximum Gasteiger partial charge on any atom is 0.343 e. The lowest BCUT2D eigenvalue weighted by molar-refractivity contribution is 0.0716. The Morgan fingerprint density at radius 3 is 0.983 bits per heavy atom. The van der Waals surface area contributed by atoms with Crippen molar-refractivity contribution in [2.24, 2.45) is 0 Å². The molecule has 0 saturated heterocycles. The van der Waals surface area contributed by atoms with Gasteiger partial charge in [0.1, 0.15) is 33.4 Å². The van der Waals surface area contributed by atoms with Crippen molar-refractivity contribution in [2.75, 3.05) is 0 Å². The van der Waals surface area contributed by atoms with Crippen LogP contribution in [0.3, 0.4) is 0 Å². The van der Waals surface area contributed by atoms with Crippen LogP contribution in [-0.4, -0.2) is 41.9 Å². The smallest absolute Gasteiger partial charge is 0.343 e. The average molecular weight is 777 g/mol. The number of ether oxygens (including phenoxy) is 2. The highest BCUT2D eigenvalue weighted by molar-refractivity contribution is 5.95. The molecule has 5 aromatic carbocycles. The number of nitrogens with zero attached hydrogens (tertiary/aromatic N) is 6. The van der Waals surface area contributed by atoms with E-state index in [1.807, 2.05) is 60.7 Å². The van der Waals surface area contributed by atoms with E-state index in [1.54, 1.807) is 33.9 Å². The highest BCUT2D eigenvalue weighted by Gasteiger charge is 2.31. The van der Waals surface area contributed by atoms with Gasteiger partial charge in [0.05, 0.1) is 11.1 Å². The summed E-state index contributed by atoms with van der Waals surface area (Å²) in [5.74, 6) is -0.428. The minimum atomic E-state index is -0.584. The van der Waals surface area contributed by atoms with Gasteiger partial charge in [-0.1, -0.05) is 119 Å². The topological polar surface area (TPSA) is 114 Å². The van der Waals surface area contributed by atoms with Gasteiger partial charge in [-0.15, -0.1) is 30.0 Å². The molecule has 0 aliphatic rings. The van der Waals surface area contributed by atoms with Gasteiger partial charge in [-0.05, 0) is 93.5 Å². The quantitative estimate of drug-likeness (QED) is 0.121. The summed E-state index contributed by atoms with van der Waals surface area (Å²) in [4.78, 5) is 31.2. The van der Waals surface area contributed by atoms with E-state index < -0.39 is 22.8 Å². The van der Waals surface area contributed by atoms with Crippen LogP contribution >= 0.6 is 0 Å².